The van der Waals surface area contributed by atoms with Crippen LogP contribution in [0.15, 0.2) is 28.6 Å². The van der Waals surface area contributed by atoms with Crippen molar-refractivity contribution < 1.29 is 13.2 Å². The predicted octanol–water partition coefficient (Wildman–Crippen LogP) is 4.69. The van der Waals surface area contributed by atoms with E-state index in [-0.39, 0.29) is 30.5 Å². The van der Waals surface area contributed by atoms with Crippen LogP contribution >= 0.6 is 35.3 Å². The Morgan fingerprint density at radius 1 is 1.22 bits per heavy atom. The number of hydrogen-bond acceptors (Lipinski definition) is 3. The van der Waals surface area contributed by atoms with Crippen molar-refractivity contribution >= 4 is 41.3 Å². The molecule has 0 amide bonds. The van der Waals surface area contributed by atoms with Gasteiger partial charge in [-0.15, -0.1) is 35.3 Å². The van der Waals surface area contributed by atoms with E-state index in [0.29, 0.717) is 24.1 Å². The molecule has 0 radical (unpaired) electrons. The van der Waals surface area contributed by atoms with Crippen molar-refractivity contribution in [2.24, 2.45) is 4.99 Å². The Kier molecular flexibility index (Phi) is 9.51. The number of thiazole rings is 1. The van der Waals surface area contributed by atoms with Gasteiger partial charge >= 0.3 is 6.18 Å². The Balaban J connectivity index is 0.00000364. The number of nitrogens with one attached hydrogen (secondary N) is 2. The van der Waals surface area contributed by atoms with Gasteiger partial charge < -0.3 is 10.6 Å². The van der Waals surface area contributed by atoms with Gasteiger partial charge in [0.05, 0.1) is 6.54 Å². The molecule has 150 valence electrons. The number of alkyl halides is 3. The van der Waals surface area contributed by atoms with Gasteiger partial charge in [0, 0.05) is 18.5 Å². The SMILES string of the molecule is CCNC(=NCc1nc(C(F)(F)F)cs1)NCCc1ccc(C)cc1C.I. The highest BCUT2D eigenvalue weighted by atomic mass is 127. The number of guanidine groups is 1. The van der Waals surface area contributed by atoms with Gasteiger partial charge in [-0.25, -0.2) is 9.98 Å². The zero-order chi connectivity index (χ0) is 19.2. The summed E-state index contributed by atoms with van der Waals surface area (Å²) in [6, 6.07) is 6.35. The molecule has 27 heavy (non-hydrogen) atoms. The van der Waals surface area contributed by atoms with E-state index in [1.165, 1.54) is 16.7 Å². The van der Waals surface area contributed by atoms with E-state index in [1.54, 1.807) is 0 Å². The molecule has 0 saturated heterocycles. The molecular formula is C18H24F3IN4S. The summed E-state index contributed by atoms with van der Waals surface area (Å²) in [5, 5.41) is 7.66. The average molecular weight is 512 g/mol. The fourth-order valence-electron chi connectivity index (χ4n) is 2.44. The zero-order valence-corrected chi connectivity index (χ0v) is 18.6. The van der Waals surface area contributed by atoms with E-state index in [2.05, 4.69) is 52.7 Å². The summed E-state index contributed by atoms with van der Waals surface area (Å²) in [4.78, 5) is 7.91. The molecular weight excluding hydrogens is 488 g/mol. The van der Waals surface area contributed by atoms with E-state index in [0.717, 1.165) is 23.1 Å². The fourth-order valence-corrected chi connectivity index (χ4v) is 3.17. The van der Waals surface area contributed by atoms with Gasteiger partial charge in [0.25, 0.3) is 0 Å². The Morgan fingerprint density at radius 3 is 2.56 bits per heavy atom. The van der Waals surface area contributed by atoms with Gasteiger partial charge in [-0.3, -0.25) is 0 Å². The number of rotatable bonds is 6. The molecule has 2 aromatic rings. The van der Waals surface area contributed by atoms with Crippen LogP contribution in [0, 0.1) is 13.8 Å². The highest BCUT2D eigenvalue weighted by Crippen LogP contribution is 2.30. The summed E-state index contributed by atoms with van der Waals surface area (Å²) in [5.74, 6) is 0.570. The van der Waals surface area contributed by atoms with E-state index >= 15 is 0 Å². The second-order valence-corrected chi connectivity index (χ2v) is 6.87. The first-order valence-electron chi connectivity index (χ1n) is 8.39. The van der Waals surface area contributed by atoms with Gasteiger partial charge in [0.2, 0.25) is 0 Å². The van der Waals surface area contributed by atoms with Crippen molar-refractivity contribution in [2.75, 3.05) is 13.1 Å². The number of benzene rings is 1. The summed E-state index contributed by atoms with van der Waals surface area (Å²) < 4.78 is 37.8. The van der Waals surface area contributed by atoms with Crippen LogP contribution in [0.1, 0.15) is 34.3 Å². The van der Waals surface area contributed by atoms with E-state index in [1.807, 2.05) is 6.92 Å². The topological polar surface area (TPSA) is 49.3 Å². The van der Waals surface area contributed by atoms with E-state index in [9.17, 15) is 13.2 Å². The lowest BCUT2D eigenvalue weighted by molar-refractivity contribution is -0.140. The molecule has 0 saturated carbocycles. The highest BCUT2D eigenvalue weighted by Gasteiger charge is 2.33. The van der Waals surface area contributed by atoms with E-state index < -0.39 is 11.9 Å². The number of aryl methyl sites for hydroxylation is 2. The minimum absolute atomic E-state index is 0. The Hall–Kier alpha value is -1.36. The molecule has 0 unspecified atom stereocenters. The van der Waals surface area contributed by atoms with Crippen LogP contribution in [0.2, 0.25) is 0 Å². The molecule has 0 fully saturated rings. The molecule has 9 heteroatoms. The lowest BCUT2D eigenvalue weighted by Gasteiger charge is -2.12. The third-order valence-electron chi connectivity index (χ3n) is 3.74. The zero-order valence-electron chi connectivity index (χ0n) is 15.5. The number of halogens is 4. The first-order valence-corrected chi connectivity index (χ1v) is 9.27. The molecule has 2 N–H and O–H groups in total. The minimum Gasteiger partial charge on any atom is -0.357 e. The first kappa shape index (κ1) is 23.7. The summed E-state index contributed by atoms with van der Waals surface area (Å²) in [6.45, 7) is 7.55. The molecule has 0 aliphatic rings. The highest BCUT2D eigenvalue weighted by molar-refractivity contribution is 14.0. The Labute approximate surface area is 178 Å². The summed E-state index contributed by atoms with van der Waals surface area (Å²) in [5.41, 5.74) is 2.88. The largest absolute Gasteiger partial charge is 0.434 e. The van der Waals surface area contributed by atoms with Crippen LogP contribution in [-0.2, 0) is 19.1 Å². The third kappa shape index (κ3) is 7.65. The quantitative estimate of drug-likeness (QED) is 0.336. The molecule has 0 bridgehead atoms. The van der Waals surface area contributed by atoms with Crippen molar-refractivity contribution in [3.05, 3.63) is 51.0 Å². The van der Waals surface area contributed by atoms with Crippen LogP contribution < -0.4 is 10.6 Å². The number of aliphatic imine (C=N–C) groups is 1. The van der Waals surface area contributed by atoms with Crippen molar-refractivity contribution in [1.29, 1.82) is 0 Å². The van der Waals surface area contributed by atoms with Gasteiger partial charge in [0.1, 0.15) is 5.01 Å². The average Bonchev–Trinajstić information content (AvgIpc) is 3.04. The Bertz CT molecular complexity index is 759. The molecule has 1 aromatic heterocycles. The van der Waals surface area contributed by atoms with Crippen LogP contribution in [0.5, 0.6) is 0 Å². The predicted molar refractivity (Wildman–Crippen MR) is 115 cm³/mol. The second kappa shape index (κ2) is 10.8. The molecule has 0 aliphatic heterocycles. The lowest BCUT2D eigenvalue weighted by Crippen LogP contribution is -2.38. The maximum atomic E-state index is 12.6. The van der Waals surface area contributed by atoms with Crippen LogP contribution in [-0.4, -0.2) is 24.0 Å². The van der Waals surface area contributed by atoms with Gasteiger partial charge in [-0.1, -0.05) is 23.8 Å². The Morgan fingerprint density at radius 2 is 1.96 bits per heavy atom. The van der Waals surface area contributed by atoms with Crippen molar-refractivity contribution in [3.8, 4) is 0 Å². The molecule has 4 nitrogen and oxygen atoms in total. The maximum Gasteiger partial charge on any atom is 0.434 e. The second-order valence-electron chi connectivity index (χ2n) is 5.93. The molecule has 0 spiro atoms. The minimum atomic E-state index is -4.41. The van der Waals surface area contributed by atoms with E-state index in [4.69, 9.17) is 0 Å². The van der Waals surface area contributed by atoms with Crippen LogP contribution in [0.3, 0.4) is 0 Å². The van der Waals surface area contributed by atoms with Crippen molar-refractivity contribution in [1.82, 2.24) is 15.6 Å². The summed E-state index contributed by atoms with van der Waals surface area (Å²) in [6.07, 6.45) is -3.57. The van der Waals surface area contributed by atoms with Crippen LogP contribution in [0.4, 0.5) is 13.2 Å². The number of nitrogens with zero attached hydrogens (tertiary/aromatic N) is 2. The van der Waals surface area contributed by atoms with Gasteiger partial charge in [-0.2, -0.15) is 13.2 Å². The molecule has 2 rings (SSSR count). The maximum absolute atomic E-state index is 12.6. The lowest BCUT2D eigenvalue weighted by atomic mass is 10.0. The monoisotopic (exact) mass is 512 g/mol. The van der Waals surface area contributed by atoms with Gasteiger partial charge in [0.15, 0.2) is 11.7 Å². The number of hydrogen-bond donors (Lipinski definition) is 2. The van der Waals surface area contributed by atoms with Crippen LogP contribution in [0.25, 0.3) is 0 Å². The summed E-state index contributed by atoms with van der Waals surface area (Å²) in [7, 11) is 0. The molecule has 1 aromatic carbocycles. The first-order chi connectivity index (χ1) is 12.3. The van der Waals surface area contributed by atoms with Crippen molar-refractivity contribution in [2.45, 2.75) is 39.9 Å². The summed E-state index contributed by atoms with van der Waals surface area (Å²) >= 11 is 0.967. The van der Waals surface area contributed by atoms with Gasteiger partial charge in [-0.05, 0) is 38.3 Å². The standard InChI is InChI=1S/C18H23F3N4S.HI/c1-4-22-17(23-8-7-14-6-5-12(2)9-13(14)3)24-10-16-25-15(11-26-16)18(19,20)21;/h5-6,9,11H,4,7-8,10H2,1-3H3,(H2,22,23,24);1H. The molecule has 0 atom stereocenters. The fraction of sp³-hybridized carbons (Fsp3) is 0.444. The number of aromatic nitrogens is 1. The smallest absolute Gasteiger partial charge is 0.357 e. The third-order valence-corrected chi connectivity index (χ3v) is 4.58. The molecule has 0 aliphatic carbocycles. The normalized spacial score (nSPS) is 11.9. The molecule has 1 heterocycles. The van der Waals surface area contributed by atoms with Crippen molar-refractivity contribution in [3.63, 3.8) is 0 Å².